The van der Waals surface area contributed by atoms with Crippen LogP contribution in [-0.2, 0) is 4.79 Å². The largest absolute Gasteiger partial charge is 0.494 e. The van der Waals surface area contributed by atoms with Crippen LogP contribution in [-0.4, -0.2) is 25.5 Å². The number of carbonyl (C=O) groups is 2. The molecular weight excluding hydrogens is 363 g/mol. The number of halogens is 2. The van der Waals surface area contributed by atoms with E-state index in [-0.39, 0.29) is 17.4 Å². The second-order valence-corrected chi connectivity index (χ2v) is 6.46. The number of benzene rings is 2. The predicted molar refractivity (Wildman–Crippen MR) is 99.0 cm³/mol. The van der Waals surface area contributed by atoms with Crippen molar-refractivity contribution in [3.05, 3.63) is 52.0 Å². The lowest BCUT2D eigenvalue weighted by atomic mass is 10.2. The summed E-state index contributed by atoms with van der Waals surface area (Å²) in [4.78, 5) is 26.0. The van der Waals surface area contributed by atoms with Crippen molar-refractivity contribution in [2.45, 2.75) is 12.8 Å². The molecule has 1 fully saturated rings. The highest BCUT2D eigenvalue weighted by atomic mass is 35.5. The highest BCUT2D eigenvalue weighted by Gasteiger charge is 2.24. The van der Waals surface area contributed by atoms with E-state index < -0.39 is 0 Å². The summed E-state index contributed by atoms with van der Waals surface area (Å²) in [5, 5.41) is 3.50. The van der Waals surface area contributed by atoms with Crippen molar-refractivity contribution >= 4 is 46.4 Å². The molecule has 0 unspecified atom stereocenters. The monoisotopic (exact) mass is 378 g/mol. The number of nitrogens with one attached hydrogen (secondary N) is 1. The van der Waals surface area contributed by atoms with Gasteiger partial charge in [0.15, 0.2) is 0 Å². The molecule has 25 heavy (non-hydrogen) atoms. The van der Waals surface area contributed by atoms with Gasteiger partial charge in [0.05, 0.1) is 23.4 Å². The topological polar surface area (TPSA) is 58.6 Å². The molecule has 1 aliphatic rings. The zero-order chi connectivity index (χ0) is 18.0. The Labute approximate surface area is 155 Å². The van der Waals surface area contributed by atoms with Gasteiger partial charge in [-0.1, -0.05) is 23.2 Å². The van der Waals surface area contributed by atoms with Crippen molar-refractivity contribution < 1.29 is 14.3 Å². The van der Waals surface area contributed by atoms with E-state index in [1.165, 1.54) is 13.2 Å². The summed E-state index contributed by atoms with van der Waals surface area (Å²) >= 11 is 12.0. The van der Waals surface area contributed by atoms with Crippen LogP contribution in [0.3, 0.4) is 0 Å². The Morgan fingerprint density at radius 2 is 2.00 bits per heavy atom. The van der Waals surface area contributed by atoms with Crippen LogP contribution in [0.2, 0.25) is 10.0 Å². The highest BCUT2D eigenvalue weighted by Crippen LogP contribution is 2.34. The summed E-state index contributed by atoms with van der Waals surface area (Å²) in [6.07, 6.45) is 1.36. The Morgan fingerprint density at radius 3 is 2.68 bits per heavy atom. The summed E-state index contributed by atoms with van der Waals surface area (Å²) in [6, 6.07) is 9.86. The van der Waals surface area contributed by atoms with E-state index in [1.54, 1.807) is 35.2 Å². The maximum absolute atomic E-state index is 12.4. The average Bonchev–Trinajstić information content (AvgIpc) is 3.02. The van der Waals surface area contributed by atoms with Gasteiger partial charge < -0.3 is 15.0 Å². The van der Waals surface area contributed by atoms with Crippen molar-refractivity contribution in [1.29, 1.82) is 0 Å². The van der Waals surface area contributed by atoms with Crippen LogP contribution < -0.4 is 15.0 Å². The van der Waals surface area contributed by atoms with Gasteiger partial charge in [-0.2, -0.15) is 0 Å². The first-order valence-electron chi connectivity index (χ1n) is 7.74. The molecule has 0 aliphatic carbocycles. The van der Waals surface area contributed by atoms with Crippen molar-refractivity contribution in [3.63, 3.8) is 0 Å². The number of hydrogen-bond donors (Lipinski definition) is 1. The molecule has 1 saturated heterocycles. The quantitative estimate of drug-likeness (QED) is 0.858. The summed E-state index contributed by atoms with van der Waals surface area (Å²) < 4.78 is 5.38. The average molecular weight is 379 g/mol. The molecule has 0 bridgehead atoms. The standard InChI is InChI=1S/C18H16Cl2N2O3/c1-25-16-10-12(5-7-15(16)22-8-2-3-17(22)23)21-18(24)13-9-11(19)4-6-14(13)20/h4-7,9-10H,2-3,8H2,1H3,(H,21,24). The van der Waals surface area contributed by atoms with Gasteiger partial charge in [0.2, 0.25) is 5.91 Å². The molecule has 0 saturated carbocycles. The first-order chi connectivity index (χ1) is 12.0. The number of carbonyl (C=O) groups excluding carboxylic acids is 2. The van der Waals surface area contributed by atoms with Crippen molar-refractivity contribution in [1.82, 2.24) is 0 Å². The molecule has 3 rings (SSSR count). The van der Waals surface area contributed by atoms with Gasteiger partial charge in [-0.3, -0.25) is 9.59 Å². The van der Waals surface area contributed by atoms with Gasteiger partial charge in [0.25, 0.3) is 5.91 Å². The van der Waals surface area contributed by atoms with E-state index in [0.717, 1.165) is 6.42 Å². The Hall–Kier alpha value is -2.24. The fourth-order valence-corrected chi connectivity index (χ4v) is 3.13. The van der Waals surface area contributed by atoms with Crippen LogP contribution in [0.25, 0.3) is 0 Å². The zero-order valence-corrected chi connectivity index (χ0v) is 15.0. The van der Waals surface area contributed by atoms with Crippen molar-refractivity contribution in [2.24, 2.45) is 0 Å². The van der Waals surface area contributed by atoms with E-state index >= 15 is 0 Å². The van der Waals surface area contributed by atoms with Gasteiger partial charge in [0.1, 0.15) is 5.75 Å². The normalized spacial score (nSPS) is 13.9. The number of methoxy groups -OCH3 is 1. The van der Waals surface area contributed by atoms with Crippen LogP contribution in [0.15, 0.2) is 36.4 Å². The van der Waals surface area contributed by atoms with E-state index in [2.05, 4.69) is 5.32 Å². The minimum Gasteiger partial charge on any atom is -0.494 e. The molecule has 130 valence electrons. The van der Waals surface area contributed by atoms with Crippen molar-refractivity contribution in [2.75, 3.05) is 23.9 Å². The molecule has 5 nitrogen and oxygen atoms in total. The van der Waals surface area contributed by atoms with E-state index in [4.69, 9.17) is 27.9 Å². The summed E-state index contributed by atoms with van der Waals surface area (Å²) in [5.41, 5.74) is 1.52. The number of nitrogens with zero attached hydrogens (tertiary/aromatic N) is 1. The predicted octanol–water partition coefficient (Wildman–Crippen LogP) is 4.38. The minimum absolute atomic E-state index is 0.0702. The van der Waals surface area contributed by atoms with Crippen LogP contribution in [0, 0.1) is 0 Å². The first kappa shape index (κ1) is 17.6. The Bertz CT molecular complexity index is 839. The van der Waals surface area contributed by atoms with Crippen LogP contribution in [0.5, 0.6) is 5.75 Å². The summed E-state index contributed by atoms with van der Waals surface area (Å²) in [5.74, 6) is 0.214. The Kier molecular flexibility index (Phi) is 5.16. The second-order valence-electron chi connectivity index (χ2n) is 5.61. The number of amides is 2. The molecule has 0 atom stereocenters. The van der Waals surface area contributed by atoms with Crippen LogP contribution in [0.4, 0.5) is 11.4 Å². The molecule has 2 amide bonds. The molecule has 0 radical (unpaired) electrons. The summed E-state index contributed by atoms with van der Waals surface area (Å²) in [6.45, 7) is 0.666. The molecular formula is C18H16Cl2N2O3. The van der Waals surface area contributed by atoms with Crippen LogP contribution in [0.1, 0.15) is 23.2 Å². The smallest absolute Gasteiger partial charge is 0.257 e. The molecule has 1 heterocycles. The van der Waals surface area contributed by atoms with Gasteiger partial charge in [0, 0.05) is 29.7 Å². The lowest BCUT2D eigenvalue weighted by Crippen LogP contribution is -2.24. The van der Waals surface area contributed by atoms with Gasteiger partial charge in [-0.25, -0.2) is 0 Å². The third-order valence-electron chi connectivity index (χ3n) is 3.97. The maximum Gasteiger partial charge on any atom is 0.257 e. The lowest BCUT2D eigenvalue weighted by Gasteiger charge is -2.19. The fraction of sp³-hybridized carbons (Fsp3) is 0.222. The lowest BCUT2D eigenvalue weighted by molar-refractivity contribution is -0.117. The maximum atomic E-state index is 12.4. The minimum atomic E-state index is -0.375. The SMILES string of the molecule is COc1cc(NC(=O)c2cc(Cl)ccc2Cl)ccc1N1CCCC1=O. The van der Waals surface area contributed by atoms with E-state index in [1.807, 2.05) is 0 Å². The van der Waals surface area contributed by atoms with Gasteiger partial charge in [-0.15, -0.1) is 0 Å². The van der Waals surface area contributed by atoms with Gasteiger partial charge >= 0.3 is 0 Å². The summed E-state index contributed by atoms with van der Waals surface area (Å²) in [7, 11) is 1.53. The third-order valence-corrected chi connectivity index (χ3v) is 4.54. The fourth-order valence-electron chi connectivity index (χ4n) is 2.75. The number of anilines is 2. The molecule has 2 aromatic rings. The molecule has 1 N–H and O–H groups in total. The van der Waals surface area contributed by atoms with E-state index in [0.29, 0.717) is 40.1 Å². The third kappa shape index (κ3) is 3.72. The number of ether oxygens (including phenoxy) is 1. The zero-order valence-electron chi connectivity index (χ0n) is 13.5. The first-order valence-corrected chi connectivity index (χ1v) is 8.50. The molecule has 1 aliphatic heterocycles. The van der Waals surface area contributed by atoms with E-state index in [9.17, 15) is 9.59 Å². The molecule has 2 aromatic carbocycles. The highest BCUT2D eigenvalue weighted by molar-refractivity contribution is 6.36. The number of rotatable bonds is 4. The number of hydrogen-bond acceptors (Lipinski definition) is 3. The van der Waals surface area contributed by atoms with Crippen LogP contribution >= 0.6 is 23.2 Å². The molecule has 0 spiro atoms. The second kappa shape index (κ2) is 7.33. The Morgan fingerprint density at radius 1 is 1.20 bits per heavy atom. The van der Waals surface area contributed by atoms with Gasteiger partial charge in [-0.05, 0) is 36.8 Å². The molecule has 0 aromatic heterocycles. The van der Waals surface area contributed by atoms with Crippen molar-refractivity contribution in [3.8, 4) is 5.75 Å². The molecule has 7 heteroatoms. The Balaban J connectivity index is 1.85.